The van der Waals surface area contributed by atoms with E-state index in [4.69, 9.17) is 11.6 Å². The summed E-state index contributed by atoms with van der Waals surface area (Å²) in [4.78, 5) is 0. The predicted octanol–water partition coefficient (Wildman–Crippen LogP) is 4.93. The molecule has 106 valence electrons. The number of rotatable bonds is 4. The smallest absolute Gasteiger partial charge is 0.129 e. The molecule has 1 aromatic carbocycles. The third kappa shape index (κ3) is 4.19. The predicted molar refractivity (Wildman–Crippen MR) is 78.9 cm³/mol. The Morgan fingerprint density at radius 2 is 1.95 bits per heavy atom. The van der Waals surface area contributed by atoms with Crippen molar-refractivity contribution in [2.75, 3.05) is 0 Å². The fourth-order valence-corrected chi connectivity index (χ4v) is 3.17. The number of hydrogen-bond acceptors (Lipinski definition) is 1. The van der Waals surface area contributed by atoms with E-state index in [0.29, 0.717) is 29.1 Å². The van der Waals surface area contributed by atoms with Crippen molar-refractivity contribution in [3.63, 3.8) is 0 Å². The van der Waals surface area contributed by atoms with Crippen LogP contribution >= 0.6 is 11.6 Å². The lowest BCUT2D eigenvalue weighted by molar-refractivity contribution is 0.335. The molecule has 1 fully saturated rings. The van der Waals surface area contributed by atoms with Gasteiger partial charge in [0.1, 0.15) is 5.82 Å². The molecule has 0 radical (unpaired) electrons. The van der Waals surface area contributed by atoms with Gasteiger partial charge in [-0.3, -0.25) is 0 Å². The van der Waals surface area contributed by atoms with Crippen molar-refractivity contribution in [3.05, 3.63) is 34.6 Å². The van der Waals surface area contributed by atoms with E-state index in [9.17, 15) is 4.39 Å². The first-order valence-corrected chi connectivity index (χ1v) is 7.72. The van der Waals surface area contributed by atoms with E-state index in [1.165, 1.54) is 44.6 Å². The highest BCUT2D eigenvalue weighted by Gasteiger charge is 2.19. The molecule has 1 nitrogen and oxygen atoms in total. The molecular weight excluding hydrogens is 261 g/mol. The first kappa shape index (κ1) is 14.8. The fourth-order valence-electron chi connectivity index (χ4n) is 2.94. The van der Waals surface area contributed by atoms with Gasteiger partial charge >= 0.3 is 0 Å². The highest BCUT2D eigenvalue weighted by Crippen LogP contribution is 2.26. The van der Waals surface area contributed by atoms with Crippen LogP contribution in [-0.4, -0.2) is 6.04 Å². The second-order valence-corrected chi connectivity index (χ2v) is 6.03. The van der Waals surface area contributed by atoms with Crippen LogP contribution < -0.4 is 5.32 Å². The van der Waals surface area contributed by atoms with Gasteiger partial charge in [0, 0.05) is 23.2 Å². The molecule has 2 rings (SSSR count). The van der Waals surface area contributed by atoms with Crippen molar-refractivity contribution in [1.29, 1.82) is 0 Å². The standard InChI is InChI=1S/C16H23ClFN/c1-12(13-7-4-2-3-5-8-13)19-11-14-15(17)9-6-10-16(14)18/h6,9-10,12-13,19H,2-5,7-8,11H2,1H3/t12-/m0/s1. The lowest BCUT2D eigenvalue weighted by Crippen LogP contribution is -2.33. The zero-order valence-electron chi connectivity index (χ0n) is 11.6. The normalized spacial score (nSPS) is 19.1. The first-order chi connectivity index (χ1) is 9.18. The molecule has 0 heterocycles. The number of nitrogens with one attached hydrogen (secondary N) is 1. The zero-order valence-corrected chi connectivity index (χ0v) is 12.3. The average molecular weight is 284 g/mol. The van der Waals surface area contributed by atoms with Crippen LogP contribution in [0.1, 0.15) is 51.0 Å². The van der Waals surface area contributed by atoms with Crippen LogP contribution in [0.4, 0.5) is 4.39 Å². The molecule has 1 atom stereocenters. The van der Waals surface area contributed by atoms with Crippen LogP contribution in [0.15, 0.2) is 18.2 Å². The highest BCUT2D eigenvalue weighted by molar-refractivity contribution is 6.31. The Bertz CT molecular complexity index is 379. The molecule has 1 saturated carbocycles. The summed E-state index contributed by atoms with van der Waals surface area (Å²) in [5.74, 6) is 0.501. The summed E-state index contributed by atoms with van der Waals surface area (Å²) in [6, 6.07) is 5.29. The largest absolute Gasteiger partial charge is 0.310 e. The van der Waals surface area contributed by atoms with Crippen molar-refractivity contribution >= 4 is 11.6 Å². The van der Waals surface area contributed by atoms with Crippen molar-refractivity contribution < 1.29 is 4.39 Å². The maximum absolute atomic E-state index is 13.7. The maximum Gasteiger partial charge on any atom is 0.129 e. The molecule has 0 amide bonds. The molecule has 1 N–H and O–H groups in total. The number of benzene rings is 1. The summed E-state index contributed by atoms with van der Waals surface area (Å²) in [6.45, 7) is 2.73. The molecule has 0 saturated heterocycles. The summed E-state index contributed by atoms with van der Waals surface area (Å²) < 4.78 is 13.7. The quantitative estimate of drug-likeness (QED) is 0.773. The molecule has 0 spiro atoms. The minimum Gasteiger partial charge on any atom is -0.310 e. The molecule has 0 unspecified atom stereocenters. The molecule has 0 aliphatic heterocycles. The molecule has 1 aliphatic rings. The molecule has 1 aromatic rings. The van der Waals surface area contributed by atoms with Gasteiger partial charge in [0.2, 0.25) is 0 Å². The Balaban J connectivity index is 1.90. The van der Waals surface area contributed by atoms with E-state index in [1.807, 2.05) is 0 Å². The van der Waals surface area contributed by atoms with E-state index in [0.717, 1.165) is 0 Å². The van der Waals surface area contributed by atoms with Crippen LogP contribution in [0.3, 0.4) is 0 Å². The first-order valence-electron chi connectivity index (χ1n) is 7.34. The number of hydrogen-bond donors (Lipinski definition) is 1. The Morgan fingerprint density at radius 3 is 2.58 bits per heavy atom. The monoisotopic (exact) mass is 283 g/mol. The van der Waals surface area contributed by atoms with Crippen molar-refractivity contribution in [2.45, 2.75) is 58.0 Å². The van der Waals surface area contributed by atoms with Crippen molar-refractivity contribution in [1.82, 2.24) is 5.32 Å². The third-order valence-corrected chi connectivity index (χ3v) is 4.62. The van der Waals surface area contributed by atoms with Crippen LogP contribution in [0, 0.1) is 11.7 Å². The van der Waals surface area contributed by atoms with E-state index in [-0.39, 0.29) is 5.82 Å². The van der Waals surface area contributed by atoms with Gasteiger partial charge in [0.15, 0.2) is 0 Å². The second-order valence-electron chi connectivity index (χ2n) is 5.62. The minimum absolute atomic E-state index is 0.215. The van der Waals surface area contributed by atoms with Crippen LogP contribution in [-0.2, 0) is 6.54 Å². The zero-order chi connectivity index (χ0) is 13.7. The van der Waals surface area contributed by atoms with Gasteiger partial charge in [0.25, 0.3) is 0 Å². The summed E-state index contributed by atoms with van der Waals surface area (Å²) in [5.41, 5.74) is 0.588. The molecule has 3 heteroatoms. The van der Waals surface area contributed by atoms with Crippen LogP contribution in [0.5, 0.6) is 0 Å². The van der Waals surface area contributed by atoms with Crippen molar-refractivity contribution in [2.24, 2.45) is 5.92 Å². The van der Waals surface area contributed by atoms with E-state index in [2.05, 4.69) is 12.2 Å². The van der Waals surface area contributed by atoms with Gasteiger partial charge in [-0.1, -0.05) is 43.4 Å². The fraction of sp³-hybridized carbons (Fsp3) is 0.625. The molecule has 0 bridgehead atoms. The summed E-state index contributed by atoms with van der Waals surface area (Å²) in [5, 5.41) is 3.97. The van der Waals surface area contributed by atoms with Gasteiger partial charge in [0.05, 0.1) is 0 Å². The lowest BCUT2D eigenvalue weighted by atomic mass is 9.93. The van der Waals surface area contributed by atoms with Gasteiger partial charge in [-0.15, -0.1) is 0 Å². The summed E-state index contributed by atoms with van der Waals surface area (Å²) in [7, 11) is 0. The Kier molecular flexibility index (Phi) is 5.65. The molecule has 0 aromatic heterocycles. The topological polar surface area (TPSA) is 12.0 Å². The minimum atomic E-state index is -0.215. The summed E-state index contributed by atoms with van der Waals surface area (Å²) in [6.07, 6.45) is 7.97. The highest BCUT2D eigenvalue weighted by atomic mass is 35.5. The van der Waals surface area contributed by atoms with Crippen molar-refractivity contribution in [3.8, 4) is 0 Å². The van der Waals surface area contributed by atoms with Gasteiger partial charge in [-0.05, 0) is 37.8 Å². The van der Waals surface area contributed by atoms with Gasteiger partial charge < -0.3 is 5.32 Å². The van der Waals surface area contributed by atoms with Crippen LogP contribution in [0.25, 0.3) is 0 Å². The maximum atomic E-state index is 13.7. The number of halogens is 2. The Hall–Kier alpha value is -0.600. The SMILES string of the molecule is C[C@H](NCc1c(F)cccc1Cl)C1CCCCCC1. The van der Waals surface area contributed by atoms with E-state index in [1.54, 1.807) is 12.1 Å². The van der Waals surface area contributed by atoms with Crippen LogP contribution in [0.2, 0.25) is 5.02 Å². The summed E-state index contributed by atoms with van der Waals surface area (Å²) >= 11 is 6.04. The molecule has 19 heavy (non-hydrogen) atoms. The van der Waals surface area contributed by atoms with Gasteiger partial charge in [-0.25, -0.2) is 4.39 Å². The second kappa shape index (κ2) is 7.25. The molecule has 1 aliphatic carbocycles. The van der Waals surface area contributed by atoms with E-state index >= 15 is 0 Å². The van der Waals surface area contributed by atoms with Gasteiger partial charge in [-0.2, -0.15) is 0 Å². The lowest BCUT2D eigenvalue weighted by Gasteiger charge is -2.24. The third-order valence-electron chi connectivity index (χ3n) is 4.27. The van der Waals surface area contributed by atoms with E-state index < -0.39 is 0 Å². The Morgan fingerprint density at radius 1 is 1.26 bits per heavy atom. The average Bonchev–Trinajstić information content (AvgIpc) is 2.66. The Labute approximate surface area is 120 Å². The molecular formula is C16H23ClFN.